The highest BCUT2D eigenvalue weighted by atomic mass is 127. The number of aliphatic imine (C=N–C) groups is 1. The summed E-state index contributed by atoms with van der Waals surface area (Å²) in [5, 5.41) is 9.92. The first-order valence-electron chi connectivity index (χ1n) is 9.17. The summed E-state index contributed by atoms with van der Waals surface area (Å²) in [6.07, 6.45) is 3.46. The lowest BCUT2D eigenvalue weighted by Gasteiger charge is -2.13. The minimum absolute atomic E-state index is 0. The molecule has 1 aromatic heterocycles. The van der Waals surface area contributed by atoms with Gasteiger partial charge in [-0.3, -0.25) is 4.99 Å². The van der Waals surface area contributed by atoms with Crippen LogP contribution in [-0.4, -0.2) is 50.8 Å². The second kappa shape index (κ2) is 12.0. The van der Waals surface area contributed by atoms with Gasteiger partial charge in [-0.05, 0) is 25.0 Å². The molecule has 6 nitrogen and oxygen atoms in total. The van der Waals surface area contributed by atoms with Gasteiger partial charge in [0.05, 0.1) is 12.2 Å². The summed E-state index contributed by atoms with van der Waals surface area (Å²) >= 11 is 1.75. The molecule has 1 saturated heterocycles. The Morgan fingerprint density at radius 1 is 1.19 bits per heavy atom. The Morgan fingerprint density at radius 2 is 1.93 bits per heavy atom. The third kappa shape index (κ3) is 7.17. The van der Waals surface area contributed by atoms with Crippen LogP contribution < -0.4 is 20.3 Å². The number of thiazole rings is 1. The maximum absolute atomic E-state index is 5.67. The Hall–Kier alpha value is -1.55. The number of guanidine groups is 1. The quantitative estimate of drug-likeness (QED) is 0.252. The molecule has 1 aliphatic heterocycles. The number of aromatic nitrogens is 1. The average Bonchev–Trinajstić information content (AvgIpc) is 3.36. The molecule has 0 unspecified atom stereocenters. The lowest BCUT2D eigenvalue weighted by Crippen LogP contribution is -2.40. The molecule has 1 aromatic carbocycles. The van der Waals surface area contributed by atoms with Gasteiger partial charge in [0.1, 0.15) is 12.4 Å². The lowest BCUT2D eigenvalue weighted by molar-refractivity contribution is 0.322. The van der Waals surface area contributed by atoms with E-state index in [0.29, 0.717) is 13.2 Å². The zero-order valence-corrected chi connectivity index (χ0v) is 18.8. The van der Waals surface area contributed by atoms with Crippen LogP contribution in [0, 0.1) is 0 Å². The van der Waals surface area contributed by atoms with Crippen molar-refractivity contribution >= 4 is 46.4 Å². The number of hydrogen-bond donors (Lipinski definition) is 2. The smallest absolute Gasteiger partial charge is 0.191 e. The van der Waals surface area contributed by atoms with Gasteiger partial charge in [-0.15, -0.1) is 35.3 Å². The molecule has 2 heterocycles. The number of nitrogens with one attached hydrogen (secondary N) is 2. The molecule has 0 radical (unpaired) electrons. The van der Waals surface area contributed by atoms with E-state index in [1.807, 2.05) is 30.3 Å². The van der Waals surface area contributed by atoms with E-state index in [2.05, 4.69) is 25.9 Å². The number of benzene rings is 1. The van der Waals surface area contributed by atoms with Crippen molar-refractivity contribution in [1.29, 1.82) is 0 Å². The Morgan fingerprint density at radius 3 is 2.67 bits per heavy atom. The molecule has 0 amide bonds. The van der Waals surface area contributed by atoms with Crippen molar-refractivity contribution in [2.75, 3.05) is 44.7 Å². The normalized spacial score (nSPS) is 14.0. The minimum Gasteiger partial charge on any atom is -0.492 e. The molecule has 8 heteroatoms. The Balaban J connectivity index is 0.00000261. The van der Waals surface area contributed by atoms with E-state index in [0.717, 1.165) is 48.6 Å². The van der Waals surface area contributed by atoms with Crippen LogP contribution in [-0.2, 0) is 6.42 Å². The Kier molecular flexibility index (Phi) is 9.68. The Bertz CT molecular complexity index is 688. The number of hydrogen-bond acceptors (Lipinski definition) is 5. The summed E-state index contributed by atoms with van der Waals surface area (Å²) in [5.74, 6) is 1.67. The van der Waals surface area contributed by atoms with E-state index in [9.17, 15) is 0 Å². The van der Waals surface area contributed by atoms with Crippen molar-refractivity contribution in [1.82, 2.24) is 15.6 Å². The summed E-state index contributed by atoms with van der Waals surface area (Å²) in [6.45, 7) is 4.39. The van der Waals surface area contributed by atoms with Crippen LogP contribution in [0.4, 0.5) is 5.13 Å². The Labute approximate surface area is 182 Å². The molecule has 148 valence electrons. The first-order valence-corrected chi connectivity index (χ1v) is 10.0. The van der Waals surface area contributed by atoms with Crippen LogP contribution in [0.15, 0.2) is 40.7 Å². The second-order valence-electron chi connectivity index (χ2n) is 6.15. The maximum atomic E-state index is 5.67. The molecule has 1 aliphatic rings. The predicted molar refractivity (Wildman–Crippen MR) is 124 cm³/mol. The standard InChI is InChI=1S/C19H27N5OS.HI/c1-20-18(22-11-14-25-17-7-3-2-4-8-17)21-10-9-16-15-26-19(23-16)24-12-5-6-13-24;/h2-4,7-8,15H,5-6,9-14H2,1H3,(H2,20,21,22);1H. The van der Waals surface area contributed by atoms with Gasteiger partial charge in [0, 0.05) is 38.5 Å². The molecule has 0 bridgehead atoms. The van der Waals surface area contributed by atoms with Crippen LogP contribution in [0.1, 0.15) is 18.5 Å². The summed E-state index contributed by atoms with van der Waals surface area (Å²) in [4.78, 5) is 11.4. The second-order valence-corrected chi connectivity index (χ2v) is 6.99. The summed E-state index contributed by atoms with van der Waals surface area (Å²) < 4.78 is 5.67. The molecule has 0 saturated carbocycles. The van der Waals surface area contributed by atoms with E-state index >= 15 is 0 Å². The van der Waals surface area contributed by atoms with Gasteiger partial charge in [-0.25, -0.2) is 4.98 Å². The number of halogens is 1. The molecule has 1 fully saturated rings. The average molecular weight is 501 g/mol. The molecule has 0 spiro atoms. The van der Waals surface area contributed by atoms with E-state index in [4.69, 9.17) is 9.72 Å². The third-order valence-corrected chi connectivity index (χ3v) is 5.17. The third-order valence-electron chi connectivity index (χ3n) is 4.22. The van der Waals surface area contributed by atoms with Crippen molar-refractivity contribution in [3.63, 3.8) is 0 Å². The molecular weight excluding hydrogens is 473 g/mol. The minimum atomic E-state index is 0. The van der Waals surface area contributed by atoms with Crippen LogP contribution in [0.2, 0.25) is 0 Å². The first kappa shape index (κ1) is 21.7. The van der Waals surface area contributed by atoms with Gasteiger partial charge < -0.3 is 20.3 Å². The number of anilines is 1. The molecule has 0 aliphatic carbocycles. The number of para-hydroxylation sites is 1. The van der Waals surface area contributed by atoms with Gasteiger partial charge in [0.25, 0.3) is 0 Å². The van der Waals surface area contributed by atoms with Gasteiger partial charge in [0.15, 0.2) is 11.1 Å². The number of nitrogens with zero attached hydrogens (tertiary/aromatic N) is 3. The van der Waals surface area contributed by atoms with E-state index in [-0.39, 0.29) is 24.0 Å². The molecule has 2 aromatic rings. The topological polar surface area (TPSA) is 61.8 Å². The van der Waals surface area contributed by atoms with Crippen molar-refractivity contribution in [2.24, 2.45) is 4.99 Å². The molecule has 0 atom stereocenters. The van der Waals surface area contributed by atoms with E-state index in [1.165, 1.54) is 12.8 Å². The molecular formula is C19H28IN5OS. The van der Waals surface area contributed by atoms with Gasteiger partial charge in [0.2, 0.25) is 0 Å². The lowest BCUT2D eigenvalue weighted by atomic mass is 10.3. The fourth-order valence-electron chi connectivity index (χ4n) is 2.85. The van der Waals surface area contributed by atoms with Crippen molar-refractivity contribution < 1.29 is 4.74 Å². The van der Waals surface area contributed by atoms with Crippen molar-refractivity contribution in [2.45, 2.75) is 19.3 Å². The van der Waals surface area contributed by atoms with Gasteiger partial charge >= 0.3 is 0 Å². The van der Waals surface area contributed by atoms with Crippen LogP contribution in [0.5, 0.6) is 5.75 Å². The zero-order valence-electron chi connectivity index (χ0n) is 15.7. The first-order chi connectivity index (χ1) is 12.8. The number of rotatable bonds is 8. The summed E-state index contributed by atoms with van der Waals surface area (Å²) in [5.41, 5.74) is 1.15. The summed E-state index contributed by atoms with van der Waals surface area (Å²) in [7, 11) is 1.78. The van der Waals surface area contributed by atoms with Gasteiger partial charge in [-0.2, -0.15) is 0 Å². The summed E-state index contributed by atoms with van der Waals surface area (Å²) in [6, 6.07) is 9.83. The van der Waals surface area contributed by atoms with Crippen molar-refractivity contribution in [3.05, 3.63) is 41.4 Å². The molecule has 3 rings (SSSR count). The van der Waals surface area contributed by atoms with Crippen molar-refractivity contribution in [3.8, 4) is 5.75 Å². The van der Waals surface area contributed by atoms with Crippen LogP contribution in [0.25, 0.3) is 0 Å². The number of ether oxygens (including phenoxy) is 1. The fraction of sp³-hybridized carbons (Fsp3) is 0.474. The van der Waals surface area contributed by atoms with Crippen LogP contribution >= 0.6 is 35.3 Å². The van der Waals surface area contributed by atoms with Gasteiger partial charge in [-0.1, -0.05) is 18.2 Å². The highest BCUT2D eigenvalue weighted by molar-refractivity contribution is 14.0. The van der Waals surface area contributed by atoms with E-state index < -0.39 is 0 Å². The molecule has 2 N–H and O–H groups in total. The monoisotopic (exact) mass is 501 g/mol. The van der Waals surface area contributed by atoms with E-state index in [1.54, 1.807) is 18.4 Å². The SMILES string of the molecule is CN=C(NCCOc1ccccc1)NCCc1csc(N2CCCC2)n1.I. The fourth-order valence-corrected chi connectivity index (χ4v) is 3.76. The maximum Gasteiger partial charge on any atom is 0.191 e. The zero-order chi connectivity index (χ0) is 18.0. The molecule has 27 heavy (non-hydrogen) atoms. The highest BCUT2D eigenvalue weighted by Crippen LogP contribution is 2.24. The largest absolute Gasteiger partial charge is 0.492 e. The highest BCUT2D eigenvalue weighted by Gasteiger charge is 2.15. The predicted octanol–water partition coefficient (Wildman–Crippen LogP) is 3.15. The van der Waals surface area contributed by atoms with Crippen LogP contribution in [0.3, 0.4) is 0 Å².